The molecule has 6 heteroatoms. The molecule has 0 spiro atoms. The van der Waals surface area contributed by atoms with Crippen LogP contribution in [0.4, 0.5) is 4.39 Å². The van der Waals surface area contributed by atoms with Gasteiger partial charge in [-0.05, 0) is 36.6 Å². The first-order chi connectivity index (χ1) is 12.0. The molecule has 0 aliphatic carbocycles. The normalized spacial score (nSPS) is 11.6. The maximum atomic E-state index is 13.8. The molecule has 132 valence electrons. The minimum Gasteiger partial charge on any atom is -0.494 e. The van der Waals surface area contributed by atoms with Gasteiger partial charge in [0.1, 0.15) is 0 Å². The molecule has 1 unspecified atom stereocenters. The largest absolute Gasteiger partial charge is 0.494 e. The van der Waals surface area contributed by atoms with E-state index >= 15 is 0 Å². The van der Waals surface area contributed by atoms with Crippen molar-refractivity contribution in [2.24, 2.45) is 0 Å². The van der Waals surface area contributed by atoms with Crippen LogP contribution in [0.15, 0.2) is 48.5 Å². The molecule has 0 radical (unpaired) electrons. The zero-order valence-corrected chi connectivity index (χ0v) is 13.9. The molecule has 0 aromatic heterocycles. The molecule has 1 atom stereocenters. The van der Waals surface area contributed by atoms with Crippen LogP contribution in [0.5, 0.6) is 5.75 Å². The maximum Gasteiger partial charge on any atom is 0.303 e. The first-order valence-corrected chi connectivity index (χ1v) is 7.89. The summed E-state index contributed by atoms with van der Waals surface area (Å²) in [6.07, 6.45) is 0.724. The Morgan fingerprint density at radius 2 is 1.92 bits per heavy atom. The van der Waals surface area contributed by atoms with Crippen LogP contribution in [0.25, 0.3) is 0 Å². The van der Waals surface area contributed by atoms with Crippen molar-refractivity contribution in [1.29, 1.82) is 0 Å². The predicted molar refractivity (Wildman–Crippen MR) is 91.2 cm³/mol. The lowest BCUT2D eigenvalue weighted by molar-refractivity contribution is -0.137. The van der Waals surface area contributed by atoms with Crippen LogP contribution in [-0.2, 0) is 11.2 Å². The van der Waals surface area contributed by atoms with Gasteiger partial charge in [0, 0.05) is 18.0 Å². The van der Waals surface area contributed by atoms with Gasteiger partial charge >= 0.3 is 5.97 Å². The van der Waals surface area contributed by atoms with E-state index < -0.39 is 17.7 Å². The molecule has 0 fully saturated rings. The molecule has 0 bridgehead atoms. The van der Waals surface area contributed by atoms with Crippen LogP contribution in [0.2, 0.25) is 0 Å². The number of ether oxygens (including phenoxy) is 1. The Bertz CT molecular complexity index is 733. The average molecular weight is 345 g/mol. The summed E-state index contributed by atoms with van der Waals surface area (Å²) in [7, 11) is 1.35. The zero-order chi connectivity index (χ0) is 18.2. The van der Waals surface area contributed by atoms with Gasteiger partial charge in [-0.25, -0.2) is 4.39 Å². The van der Waals surface area contributed by atoms with Crippen molar-refractivity contribution < 1.29 is 23.8 Å². The molecule has 0 heterocycles. The number of hydrogen-bond acceptors (Lipinski definition) is 3. The van der Waals surface area contributed by atoms with Crippen LogP contribution in [0.1, 0.15) is 28.8 Å². The topological polar surface area (TPSA) is 75.6 Å². The molecule has 5 nitrogen and oxygen atoms in total. The van der Waals surface area contributed by atoms with Gasteiger partial charge in [0.2, 0.25) is 0 Å². The second-order valence-electron chi connectivity index (χ2n) is 5.64. The van der Waals surface area contributed by atoms with Gasteiger partial charge in [0.25, 0.3) is 5.91 Å². The van der Waals surface area contributed by atoms with Crippen molar-refractivity contribution in [3.63, 3.8) is 0 Å². The summed E-state index contributed by atoms with van der Waals surface area (Å²) in [4.78, 5) is 23.2. The smallest absolute Gasteiger partial charge is 0.303 e. The molecule has 25 heavy (non-hydrogen) atoms. The van der Waals surface area contributed by atoms with E-state index in [-0.39, 0.29) is 30.2 Å². The molecule has 2 aromatic rings. The van der Waals surface area contributed by atoms with Crippen LogP contribution >= 0.6 is 0 Å². The number of carboxylic acid groups (broad SMARTS) is 1. The minimum atomic E-state index is -0.928. The molecule has 2 aromatic carbocycles. The Labute approximate surface area is 145 Å². The van der Waals surface area contributed by atoms with Crippen molar-refractivity contribution >= 4 is 11.9 Å². The Morgan fingerprint density at radius 1 is 1.20 bits per heavy atom. The van der Waals surface area contributed by atoms with Gasteiger partial charge in [-0.1, -0.05) is 30.3 Å². The van der Waals surface area contributed by atoms with Crippen molar-refractivity contribution in [2.75, 3.05) is 7.11 Å². The van der Waals surface area contributed by atoms with Gasteiger partial charge in [-0.2, -0.15) is 0 Å². The lowest BCUT2D eigenvalue weighted by Crippen LogP contribution is -2.37. The highest BCUT2D eigenvalue weighted by Gasteiger charge is 2.17. The highest BCUT2D eigenvalue weighted by atomic mass is 19.1. The van der Waals surface area contributed by atoms with Crippen molar-refractivity contribution in [3.8, 4) is 5.75 Å². The molecule has 0 aliphatic rings. The first kappa shape index (κ1) is 18.4. The summed E-state index contributed by atoms with van der Waals surface area (Å²) >= 11 is 0. The van der Waals surface area contributed by atoms with Crippen molar-refractivity contribution in [2.45, 2.75) is 25.3 Å². The number of amides is 1. The van der Waals surface area contributed by atoms with Gasteiger partial charge < -0.3 is 15.2 Å². The zero-order valence-electron chi connectivity index (χ0n) is 13.9. The van der Waals surface area contributed by atoms with Crippen LogP contribution in [0.3, 0.4) is 0 Å². The van der Waals surface area contributed by atoms with Crippen LogP contribution < -0.4 is 10.1 Å². The lowest BCUT2D eigenvalue weighted by atomic mass is 10.0. The number of methoxy groups -OCH3 is 1. The van der Waals surface area contributed by atoms with E-state index in [9.17, 15) is 14.0 Å². The number of benzene rings is 2. The van der Waals surface area contributed by atoms with E-state index in [4.69, 9.17) is 9.84 Å². The number of rotatable bonds is 8. The molecule has 2 rings (SSSR count). The molecule has 0 saturated carbocycles. The molecular formula is C19H20FNO4. The Balaban J connectivity index is 2.10. The number of carboxylic acids is 1. The second kappa shape index (κ2) is 8.82. The van der Waals surface area contributed by atoms with Gasteiger partial charge in [-0.3, -0.25) is 9.59 Å². The van der Waals surface area contributed by atoms with Gasteiger partial charge in [0.05, 0.1) is 7.11 Å². The van der Waals surface area contributed by atoms with Crippen molar-refractivity contribution in [1.82, 2.24) is 5.32 Å². The standard InChI is InChI=1S/C19H20FNO4/c1-25-17-9-7-14(12-16(17)20)19(24)21-15(8-10-18(22)23)11-13-5-3-2-4-6-13/h2-7,9,12,15H,8,10-11H2,1H3,(H,21,24)(H,22,23). The van der Waals surface area contributed by atoms with Crippen LogP contribution in [0, 0.1) is 5.82 Å². The Hall–Kier alpha value is -2.89. The fraction of sp³-hybridized carbons (Fsp3) is 0.263. The predicted octanol–water partition coefficient (Wildman–Crippen LogP) is 3.04. The summed E-state index contributed by atoms with van der Waals surface area (Å²) in [5.41, 5.74) is 1.14. The van der Waals surface area contributed by atoms with E-state index in [2.05, 4.69) is 5.32 Å². The number of carbonyl (C=O) groups is 2. The highest BCUT2D eigenvalue weighted by Crippen LogP contribution is 2.18. The third kappa shape index (κ3) is 5.60. The number of halogens is 1. The van der Waals surface area contributed by atoms with E-state index in [1.165, 1.54) is 19.2 Å². The minimum absolute atomic E-state index is 0.0586. The molecule has 0 saturated heterocycles. The third-order valence-corrected chi connectivity index (χ3v) is 3.78. The van der Waals surface area contributed by atoms with E-state index in [1.807, 2.05) is 30.3 Å². The average Bonchev–Trinajstić information content (AvgIpc) is 2.60. The monoisotopic (exact) mass is 345 g/mol. The fourth-order valence-electron chi connectivity index (χ4n) is 2.50. The van der Waals surface area contributed by atoms with Crippen LogP contribution in [-0.4, -0.2) is 30.1 Å². The molecule has 2 N–H and O–H groups in total. The second-order valence-corrected chi connectivity index (χ2v) is 5.64. The number of nitrogens with one attached hydrogen (secondary N) is 1. The fourth-order valence-corrected chi connectivity index (χ4v) is 2.50. The number of aliphatic carboxylic acids is 1. The Morgan fingerprint density at radius 3 is 2.52 bits per heavy atom. The molecular weight excluding hydrogens is 325 g/mol. The molecule has 0 aliphatic heterocycles. The maximum absolute atomic E-state index is 13.8. The van der Waals surface area contributed by atoms with E-state index in [0.29, 0.717) is 6.42 Å². The quantitative estimate of drug-likeness (QED) is 0.771. The van der Waals surface area contributed by atoms with Gasteiger partial charge in [0.15, 0.2) is 11.6 Å². The summed E-state index contributed by atoms with van der Waals surface area (Å²) in [5.74, 6) is -1.95. The SMILES string of the molecule is COc1ccc(C(=O)NC(CCC(=O)O)Cc2ccccc2)cc1F. The number of hydrogen-bond donors (Lipinski definition) is 2. The lowest BCUT2D eigenvalue weighted by Gasteiger charge is -2.18. The van der Waals surface area contributed by atoms with E-state index in [1.54, 1.807) is 0 Å². The van der Waals surface area contributed by atoms with Gasteiger partial charge in [-0.15, -0.1) is 0 Å². The summed E-state index contributed by atoms with van der Waals surface area (Å²) < 4.78 is 18.6. The first-order valence-electron chi connectivity index (χ1n) is 7.89. The van der Waals surface area contributed by atoms with E-state index in [0.717, 1.165) is 11.6 Å². The summed E-state index contributed by atoms with van der Waals surface area (Å²) in [6, 6.07) is 13.0. The summed E-state index contributed by atoms with van der Waals surface area (Å²) in [6.45, 7) is 0. The number of carbonyl (C=O) groups excluding carboxylic acids is 1. The third-order valence-electron chi connectivity index (χ3n) is 3.78. The highest BCUT2D eigenvalue weighted by molar-refractivity contribution is 5.94. The summed E-state index contributed by atoms with van der Waals surface area (Å²) in [5, 5.41) is 11.7. The molecule has 1 amide bonds. The van der Waals surface area contributed by atoms with Crippen molar-refractivity contribution in [3.05, 3.63) is 65.5 Å². The Kier molecular flexibility index (Phi) is 6.51.